The zero-order chi connectivity index (χ0) is 18.9. The number of rotatable bonds is 4. The second kappa shape index (κ2) is 7.11. The van der Waals surface area contributed by atoms with Crippen molar-refractivity contribution in [3.8, 4) is 5.69 Å². The maximum atomic E-state index is 12.1. The van der Waals surface area contributed by atoms with Crippen molar-refractivity contribution in [2.75, 3.05) is 11.5 Å². The number of sulfone groups is 1. The lowest BCUT2D eigenvalue weighted by Crippen LogP contribution is -2.34. The summed E-state index contributed by atoms with van der Waals surface area (Å²) >= 11 is 0. The van der Waals surface area contributed by atoms with Gasteiger partial charge in [-0.15, -0.1) is 0 Å². The Morgan fingerprint density at radius 1 is 1.19 bits per heavy atom. The van der Waals surface area contributed by atoms with Gasteiger partial charge < -0.3 is 9.88 Å². The normalized spacial score (nSPS) is 19.1. The SMILES string of the molecule is Cc1ccc(-n2c(C)cc(/C=C/C(=O)NC3CCS(=O)(=O)C3)c2C)cc1. The van der Waals surface area contributed by atoms with E-state index in [0.717, 1.165) is 22.6 Å². The van der Waals surface area contributed by atoms with E-state index in [2.05, 4.69) is 41.1 Å². The summed E-state index contributed by atoms with van der Waals surface area (Å²) in [4.78, 5) is 12.1. The van der Waals surface area contributed by atoms with Gasteiger partial charge in [0.1, 0.15) is 0 Å². The Bertz CT molecular complexity index is 954. The van der Waals surface area contributed by atoms with Gasteiger partial charge in [0, 0.05) is 29.2 Å². The van der Waals surface area contributed by atoms with Gasteiger partial charge >= 0.3 is 0 Å². The van der Waals surface area contributed by atoms with Gasteiger partial charge in [0.25, 0.3) is 0 Å². The third kappa shape index (κ3) is 4.07. The molecule has 6 heteroatoms. The van der Waals surface area contributed by atoms with Crippen LogP contribution in [0.4, 0.5) is 0 Å². The minimum Gasteiger partial charge on any atom is -0.349 e. The fraction of sp³-hybridized carbons (Fsp3) is 0.350. The summed E-state index contributed by atoms with van der Waals surface area (Å²) in [5.74, 6) is -0.0688. The van der Waals surface area contributed by atoms with Gasteiger partial charge in [-0.1, -0.05) is 17.7 Å². The van der Waals surface area contributed by atoms with Crippen molar-refractivity contribution in [2.45, 2.75) is 33.2 Å². The maximum absolute atomic E-state index is 12.1. The van der Waals surface area contributed by atoms with Crippen LogP contribution in [0.2, 0.25) is 0 Å². The Morgan fingerprint density at radius 3 is 2.50 bits per heavy atom. The van der Waals surface area contributed by atoms with Crippen molar-refractivity contribution in [1.82, 2.24) is 9.88 Å². The molecule has 0 aliphatic carbocycles. The zero-order valence-electron chi connectivity index (χ0n) is 15.3. The largest absolute Gasteiger partial charge is 0.349 e. The van der Waals surface area contributed by atoms with E-state index in [0.29, 0.717) is 6.42 Å². The lowest BCUT2D eigenvalue weighted by atomic mass is 10.2. The van der Waals surface area contributed by atoms with Crippen LogP contribution in [0.1, 0.15) is 28.9 Å². The highest BCUT2D eigenvalue weighted by Gasteiger charge is 2.28. The Balaban J connectivity index is 1.74. The first-order valence-electron chi connectivity index (χ1n) is 8.70. The predicted molar refractivity (Wildman–Crippen MR) is 104 cm³/mol. The van der Waals surface area contributed by atoms with Crippen LogP contribution in [0.15, 0.2) is 36.4 Å². The number of hydrogen-bond acceptors (Lipinski definition) is 3. The second-order valence-corrected chi connectivity index (χ2v) is 9.17. The molecule has 1 saturated heterocycles. The maximum Gasteiger partial charge on any atom is 0.244 e. The van der Waals surface area contributed by atoms with Crippen LogP contribution in [0.3, 0.4) is 0 Å². The minimum atomic E-state index is -2.99. The second-order valence-electron chi connectivity index (χ2n) is 6.94. The first-order chi connectivity index (χ1) is 12.2. The van der Waals surface area contributed by atoms with E-state index in [-0.39, 0.29) is 23.5 Å². The molecule has 2 heterocycles. The molecular weight excluding hydrogens is 348 g/mol. The summed E-state index contributed by atoms with van der Waals surface area (Å²) in [6.07, 6.45) is 3.75. The molecule has 1 unspecified atom stereocenters. The highest BCUT2D eigenvalue weighted by Crippen LogP contribution is 2.22. The van der Waals surface area contributed by atoms with Crippen molar-refractivity contribution in [1.29, 1.82) is 0 Å². The van der Waals surface area contributed by atoms with Crippen LogP contribution < -0.4 is 5.32 Å². The molecule has 1 fully saturated rings. The molecule has 2 aromatic rings. The van der Waals surface area contributed by atoms with Gasteiger partial charge in [-0.3, -0.25) is 4.79 Å². The molecule has 0 radical (unpaired) electrons. The van der Waals surface area contributed by atoms with Crippen LogP contribution in [-0.2, 0) is 14.6 Å². The number of carbonyl (C=O) groups excluding carboxylic acids is 1. The van der Waals surface area contributed by atoms with Crippen LogP contribution in [0.25, 0.3) is 11.8 Å². The number of nitrogens with zero attached hydrogens (tertiary/aromatic N) is 1. The average Bonchev–Trinajstić information content (AvgIpc) is 3.05. The topological polar surface area (TPSA) is 68.2 Å². The smallest absolute Gasteiger partial charge is 0.244 e. The molecule has 1 aliphatic heterocycles. The highest BCUT2D eigenvalue weighted by molar-refractivity contribution is 7.91. The third-order valence-electron chi connectivity index (χ3n) is 4.76. The molecule has 1 amide bonds. The molecule has 1 N–H and O–H groups in total. The average molecular weight is 372 g/mol. The summed E-state index contributed by atoms with van der Waals surface area (Å²) in [6, 6.07) is 10.1. The molecule has 0 saturated carbocycles. The number of aromatic nitrogens is 1. The Kier molecular flexibility index (Phi) is 5.05. The summed E-state index contributed by atoms with van der Waals surface area (Å²) < 4.78 is 25.1. The van der Waals surface area contributed by atoms with Crippen LogP contribution in [0, 0.1) is 20.8 Å². The molecule has 26 heavy (non-hydrogen) atoms. The number of nitrogens with one attached hydrogen (secondary N) is 1. The van der Waals surface area contributed by atoms with E-state index in [1.807, 2.05) is 19.9 Å². The fourth-order valence-electron chi connectivity index (χ4n) is 3.37. The predicted octanol–water partition coefficient (Wildman–Crippen LogP) is 2.72. The van der Waals surface area contributed by atoms with E-state index >= 15 is 0 Å². The first kappa shape index (κ1) is 18.5. The van der Waals surface area contributed by atoms with Crippen LogP contribution in [0.5, 0.6) is 0 Å². The van der Waals surface area contributed by atoms with E-state index in [1.54, 1.807) is 6.08 Å². The van der Waals surface area contributed by atoms with Crippen LogP contribution >= 0.6 is 0 Å². The number of benzene rings is 1. The summed E-state index contributed by atoms with van der Waals surface area (Å²) in [5, 5.41) is 2.77. The molecule has 1 aliphatic rings. The van der Waals surface area contributed by atoms with Crippen LogP contribution in [-0.4, -0.2) is 36.4 Å². The monoisotopic (exact) mass is 372 g/mol. The standard InChI is InChI=1S/C20H24N2O3S/c1-14-4-7-19(8-5-14)22-15(2)12-17(16(22)3)6-9-20(23)21-18-10-11-26(24,25)13-18/h4-9,12,18H,10-11,13H2,1-3H3,(H,21,23)/b9-6+. The van der Waals surface area contributed by atoms with Crippen molar-refractivity contribution in [3.63, 3.8) is 0 Å². The summed E-state index contributed by atoms with van der Waals surface area (Å²) in [6.45, 7) is 6.11. The van der Waals surface area contributed by atoms with E-state index in [9.17, 15) is 13.2 Å². The van der Waals surface area contributed by atoms with Gasteiger partial charge in [0.15, 0.2) is 9.84 Å². The van der Waals surface area contributed by atoms with Gasteiger partial charge in [-0.05, 0) is 57.0 Å². The fourth-order valence-corrected chi connectivity index (χ4v) is 5.04. The molecule has 0 spiro atoms. The molecule has 1 aromatic carbocycles. The van der Waals surface area contributed by atoms with Crippen molar-refractivity contribution < 1.29 is 13.2 Å². The Morgan fingerprint density at radius 2 is 1.88 bits per heavy atom. The van der Waals surface area contributed by atoms with Gasteiger partial charge in [0.05, 0.1) is 11.5 Å². The summed E-state index contributed by atoms with van der Waals surface area (Å²) in [7, 11) is -2.99. The third-order valence-corrected chi connectivity index (χ3v) is 6.52. The molecular formula is C20H24N2O3S. The van der Waals surface area contributed by atoms with Crippen molar-refractivity contribution in [3.05, 3.63) is 58.9 Å². The van der Waals surface area contributed by atoms with Gasteiger partial charge in [0.2, 0.25) is 5.91 Å². The number of hydrogen-bond donors (Lipinski definition) is 1. The van der Waals surface area contributed by atoms with E-state index < -0.39 is 9.84 Å². The Hall–Kier alpha value is -2.34. The zero-order valence-corrected chi connectivity index (χ0v) is 16.1. The molecule has 5 nitrogen and oxygen atoms in total. The van der Waals surface area contributed by atoms with Gasteiger partial charge in [-0.25, -0.2) is 8.42 Å². The first-order valence-corrected chi connectivity index (χ1v) is 10.5. The van der Waals surface area contributed by atoms with Gasteiger partial charge in [-0.2, -0.15) is 0 Å². The summed E-state index contributed by atoms with van der Waals surface area (Å²) in [5.41, 5.74) is 5.41. The molecule has 0 bridgehead atoms. The lowest BCUT2D eigenvalue weighted by Gasteiger charge is -2.10. The van der Waals surface area contributed by atoms with Crippen molar-refractivity contribution in [2.24, 2.45) is 0 Å². The number of carbonyl (C=O) groups is 1. The molecule has 1 atom stereocenters. The number of aryl methyl sites for hydroxylation is 2. The number of amides is 1. The molecule has 1 aromatic heterocycles. The molecule has 3 rings (SSSR count). The lowest BCUT2D eigenvalue weighted by molar-refractivity contribution is -0.116. The van der Waals surface area contributed by atoms with Crippen molar-refractivity contribution >= 4 is 21.8 Å². The van der Waals surface area contributed by atoms with E-state index in [4.69, 9.17) is 0 Å². The Labute approximate surface area is 154 Å². The molecule has 138 valence electrons. The highest BCUT2D eigenvalue weighted by atomic mass is 32.2. The van der Waals surface area contributed by atoms with E-state index in [1.165, 1.54) is 11.6 Å². The quantitative estimate of drug-likeness (QED) is 0.839. The minimum absolute atomic E-state index is 0.0362.